The third-order valence-electron chi connectivity index (χ3n) is 2.73. The van der Waals surface area contributed by atoms with Gasteiger partial charge in [0.1, 0.15) is 0 Å². The quantitative estimate of drug-likeness (QED) is 0.626. The number of methoxy groups -OCH3 is 1. The summed E-state index contributed by atoms with van der Waals surface area (Å²) in [4.78, 5) is 0. The van der Waals surface area contributed by atoms with Crippen LogP contribution in [0.2, 0.25) is 0 Å². The first-order chi connectivity index (χ1) is 6.93. The molecule has 0 heterocycles. The van der Waals surface area contributed by atoms with Gasteiger partial charge in [-0.2, -0.15) is 0 Å². The summed E-state index contributed by atoms with van der Waals surface area (Å²) in [5.41, 5.74) is 0.129. The number of nitrogens with one attached hydrogen (secondary N) is 1. The molecule has 0 fully saturated rings. The molecule has 0 saturated carbocycles. The van der Waals surface area contributed by atoms with Crippen molar-refractivity contribution in [3.05, 3.63) is 12.7 Å². The molecule has 1 N–H and O–H groups in total. The second-order valence-electron chi connectivity index (χ2n) is 5.13. The van der Waals surface area contributed by atoms with Crippen LogP contribution in [-0.4, -0.2) is 26.3 Å². The molecule has 15 heavy (non-hydrogen) atoms. The van der Waals surface area contributed by atoms with E-state index in [4.69, 9.17) is 4.74 Å². The Kier molecular flexibility index (Phi) is 6.86. The Labute approximate surface area is 95.1 Å². The SMILES string of the molecule is C=CC(C)(CNCC(C)C)CC(C)OC. The van der Waals surface area contributed by atoms with Crippen LogP contribution in [0.1, 0.15) is 34.1 Å². The van der Waals surface area contributed by atoms with E-state index >= 15 is 0 Å². The Balaban J connectivity index is 4.01. The van der Waals surface area contributed by atoms with E-state index in [0.717, 1.165) is 19.5 Å². The van der Waals surface area contributed by atoms with Gasteiger partial charge < -0.3 is 10.1 Å². The van der Waals surface area contributed by atoms with Crippen LogP contribution < -0.4 is 5.32 Å². The third-order valence-corrected chi connectivity index (χ3v) is 2.73. The molecule has 0 aromatic rings. The van der Waals surface area contributed by atoms with Crippen molar-refractivity contribution in [1.29, 1.82) is 0 Å². The van der Waals surface area contributed by atoms with Crippen LogP contribution in [0.4, 0.5) is 0 Å². The van der Waals surface area contributed by atoms with Crippen LogP contribution in [-0.2, 0) is 4.74 Å². The van der Waals surface area contributed by atoms with Gasteiger partial charge in [-0.3, -0.25) is 0 Å². The van der Waals surface area contributed by atoms with Crippen LogP contribution in [0.5, 0.6) is 0 Å². The highest BCUT2D eigenvalue weighted by atomic mass is 16.5. The minimum absolute atomic E-state index is 0.129. The molecule has 0 spiro atoms. The predicted octanol–water partition coefficient (Wildman–Crippen LogP) is 2.85. The third kappa shape index (κ3) is 6.69. The molecule has 2 heteroatoms. The first-order valence-electron chi connectivity index (χ1n) is 5.80. The summed E-state index contributed by atoms with van der Waals surface area (Å²) in [6.07, 6.45) is 3.34. The van der Waals surface area contributed by atoms with Crippen LogP contribution in [0, 0.1) is 11.3 Å². The molecular formula is C13H27NO. The number of hydrogen-bond acceptors (Lipinski definition) is 2. The van der Waals surface area contributed by atoms with Gasteiger partial charge in [0, 0.05) is 19.1 Å². The van der Waals surface area contributed by atoms with E-state index in [1.807, 2.05) is 6.08 Å². The first kappa shape index (κ1) is 14.7. The Morgan fingerprint density at radius 3 is 2.40 bits per heavy atom. The van der Waals surface area contributed by atoms with Gasteiger partial charge in [-0.1, -0.05) is 26.8 Å². The van der Waals surface area contributed by atoms with E-state index in [1.165, 1.54) is 0 Å². The second-order valence-corrected chi connectivity index (χ2v) is 5.13. The molecule has 0 aliphatic carbocycles. The van der Waals surface area contributed by atoms with Crippen molar-refractivity contribution in [2.75, 3.05) is 20.2 Å². The average molecular weight is 213 g/mol. The number of ether oxygens (including phenoxy) is 1. The van der Waals surface area contributed by atoms with Crippen molar-refractivity contribution >= 4 is 0 Å². The number of hydrogen-bond donors (Lipinski definition) is 1. The smallest absolute Gasteiger partial charge is 0.0551 e. The van der Waals surface area contributed by atoms with Gasteiger partial charge in [0.25, 0.3) is 0 Å². The zero-order chi connectivity index (χ0) is 11.9. The van der Waals surface area contributed by atoms with Crippen LogP contribution in [0.25, 0.3) is 0 Å². The lowest BCUT2D eigenvalue weighted by atomic mass is 9.84. The molecule has 0 amide bonds. The topological polar surface area (TPSA) is 21.3 Å². The van der Waals surface area contributed by atoms with Crippen LogP contribution in [0.15, 0.2) is 12.7 Å². The van der Waals surface area contributed by atoms with Gasteiger partial charge in [-0.15, -0.1) is 6.58 Å². The van der Waals surface area contributed by atoms with E-state index in [9.17, 15) is 0 Å². The van der Waals surface area contributed by atoms with Crippen LogP contribution >= 0.6 is 0 Å². The predicted molar refractivity (Wildman–Crippen MR) is 67.1 cm³/mol. The molecule has 0 aromatic heterocycles. The normalized spacial score (nSPS) is 17.5. The van der Waals surface area contributed by atoms with Crippen molar-refractivity contribution in [3.63, 3.8) is 0 Å². The average Bonchev–Trinajstić information content (AvgIpc) is 2.17. The maximum Gasteiger partial charge on any atom is 0.0551 e. The molecule has 90 valence electrons. The lowest BCUT2D eigenvalue weighted by molar-refractivity contribution is 0.0827. The van der Waals surface area contributed by atoms with Gasteiger partial charge in [0.15, 0.2) is 0 Å². The maximum absolute atomic E-state index is 5.30. The highest BCUT2D eigenvalue weighted by molar-refractivity contribution is 4.94. The maximum atomic E-state index is 5.30. The largest absolute Gasteiger partial charge is 0.382 e. The van der Waals surface area contributed by atoms with Crippen molar-refractivity contribution in [1.82, 2.24) is 5.32 Å². The fraction of sp³-hybridized carbons (Fsp3) is 0.846. The molecule has 0 radical (unpaired) electrons. The van der Waals surface area contributed by atoms with E-state index in [-0.39, 0.29) is 11.5 Å². The molecule has 0 aliphatic rings. The second kappa shape index (κ2) is 7.02. The fourth-order valence-corrected chi connectivity index (χ4v) is 1.61. The molecule has 0 aromatic carbocycles. The highest BCUT2D eigenvalue weighted by Gasteiger charge is 2.22. The molecule has 0 rings (SSSR count). The summed E-state index contributed by atoms with van der Waals surface area (Å²) in [6.45, 7) is 14.7. The van der Waals surface area contributed by atoms with Crippen molar-refractivity contribution in [3.8, 4) is 0 Å². The van der Waals surface area contributed by atoms with Gasteiger partial charge >= 0.3 is 0 Å². The minimum atomic E-state index is 0.129. The molecule has 2 unspecified atom stereocenters. The molecule has 0 bridgehead atoms. The van der Waals surface area contributed by atoms with Gasteiger partial charge in [0.05, 0.1) is 6.10 Å². The summed E-state index contributed by atoms with van der Waals surface area (Å²) >= 11 is 0. The summed E-state index contributed by atoms with van der Waals surface area (Å²) in [7, 11) is 1.76. The Morgan fingerprint density at radius 1 is 1.40 bits per heavy atom. The standard InChI is InChI=1S/C13H27NO/c1-7-13(5,8-12(4)15-6)10-14-9-11(2)3/h7,11-12,14H,1,8-10H2,2-6H3. The van der Waals surface area contributed by atoms with Crippen molar-refractivity contribution < 1.29 is 4.74 Å². The van der Waals surface area contributed by atoms with Crippen LogP contribution in [0.3, 0.4) is 0 Å². The lowest BCUT2D eigenvalue weighted by Gasteiger charge is -2.29. The van der Waals surface area contributed by atoms with E-state index in [2.05, 4.69) is 39.6 Å². The Hall–Kier alpha value is -0.340. The molecule has 0 aliphatic heterocycles. The minimum Gasteiger partial charge on any atom is -0.382 e. The lowest BCUT2D eigenvalue weighted by Crippen LogP contribution is -2.34. The van der Waals surface area contributed by atoms with Crippen molar-refractivity contribution in [2.24, 2.45) is 11.3 Å². The summed E-state index contributed by atoms with van der Waals surface area (Å²) < 4.78 is 5.30. The van der Waals surface area contributed by atoms with Gasteiger partial charge in [-0.25, -0.2) is 0 Å². The van der Waals surface area contributed by atoms with Gasteiger partial charge in [-0.05, 0) is 25.8 Å². The van der Waals surface area contributed by atoms with Crippen molar-refractivity contribution in [2.45, 2.75) is 40.2 Å². The summed E-state index contributed by atoms with van der Waals surface area (Å²) in [5.74, 6) is 0.693. The molecule has 0 saturated heterocycles. The zero-order valence-electron chi connectivity index (χ0n) is 11.0. The Morgan fingerprint density at radius 2 is 2.00 bits per heavy atom. The Bertz CT molecular complexity index is 179. The number of rotatable bonds is 8. The van der Waals surface area contributed by atoms with E-state index in [1.54, 1.807) is 7.11 Å². The molecule has 2 atom stereocenters. The first-order valence-corrected chi connectivity index (χ1v) is 5.80. The van der Waals surface area contributed by atoms with E-state index < -0.39 is 0 Å². The molecule has 2 nitrogen and oxygen atoms in total. The monoisotopic (exact) mass is 213 g/mol. The zero-order valence-corrected chi connectivity index (χ0v) is 11.0. The van der Waals surface area contributed by atoms with E-state index in [0.29, 0.717) is 5.92 Å². The van der Waals surface area contributed by atoms with Gasteiger partial charge in [0.2, 0.25) is 0 Å². The summed E-state index contributed by atoms with van der Waals surface area (Å²) in [6, 6.07) is 0. The fourth-order valence-electron chi connectivity index (χ4n) is 1.61. The summed E-state index contributed by atoms with van der Waals surface area (Å²) in [5, 5.41) is 3.48. The molecular weight excluding hydrogens is 186 g/mol. The highest BCUT2D eigenvalue weighted by Crippen LogP contribution is 2.24.